The summed E-state index contributed by atoms with van der Waals surface area (Å²) in [6.07, 6.45) is 1.57. The van der Waals surface area contributed by atoms with Crippen LogP contribution in [0.5, 0.6) is 0 Å². The summed E-state index contributed by atoms with van der Waals surface area (Å²) in [4.78, 5) is 27.7. The van der Waals surface area contributed by atoms with Crippen molar-refractivity contribution in [3.63, 3.8) is 0 Å². The van der Waals surface area contributed by atoms with Gasteiger partial charge in [-0.3, -0.25) is 19.3 Å². The summed E-state index contributed by atoms with van der Waals surface area (Å²) in [6.45, 7) is 0.299. The van der Waals surface area contributed by atoms with E-state index in [9.17, 15) is 14.7 Å². The third-order valence-electron chi connectivity index (χ3n) is 5.05. The Bertz CT molecular complexity index is 1270. The number of aliphatic hydroxyl groups is 1. The maximum absolute atomic E-state index is 12.3. The van der Waals surface area contributed by atoms with Gasteiger partial charge in [0, 0.05) is 23.1 Å². The van der Waals surface area contributed by atoms with Crippen molar-refractivity contribution in [3.8, 4) is 11.3 Å². The van der Waals surface area contributed by atoms with Crippen molar-refractivity contribution in [2.75, 3.05) is 16.5 Å². The summed E-state index contributed by atoms with van der Waals surface area (Å²) in [5.74, 6) is -0.653. The third kappa shape index (κ3) is 5.67. The van der Waals surface area contributed by atoms with Crippen LogP contribution in [0.2, 0.25) is 0 Å². The standard InChI is InChI=1S/C25H22ClN5O3/c26-14-24(33)28-19-8-4-17(5-9-19)15-31-21(16-32)13-23(30-31)18-6-10-20(11-7-18)29-25(34)22-3-1-2-12-27-22/h1-13,32H,14-16H2,(H,28,33)(H,29,34). The molecule has 4 rings (SSSR count). The highest BCUT2D eigenvalue weighted by atomic mass is 35.5. The SMILES string of the molecule is O=C(CCl)Nc1ccc(Cn2nc(-c3ccc(NC(=O)c4ccccn4)cc3)cc2CO)cc1. The first-order valence-electron chi connectivity index (χ1n) is 10.5. The van der Waals surface area contributed by atoms with Gasteiger partial charge in [0.2, 0.25) is 5.91 Å². The van der Waals surface area contributed by atoms with Gasteiger partial charge in [0.15, 0.2) is 0 Å². The molecule has 0 saturated heterocycles. The minimum atomic E-state index is -0.284. The first kappa shape index (κ1) is 23.2. The number of alkyl halides is 1. The number of halogens is 1. The quantitative estimate of drug-likeness (QED) is 0.335. The molecule has 3 N–H and O–H groups in total. The Kier molecular flexibility index (Phi) is 7.31. The number of hydrogen-bond acceptors (Lipinski definition) is 5. The predicted molar refractivity (Wildman–Crippen MR) is 131 cm³/mol. The minimum Gasteiger partial charge on any atom is -0.390 e. The zero-order valence-electron chi connectivity index (χ0n) is 18.1. The van der Waals surface area contributed by atoms with E-state index in [4.69, 9.17) is 11.6 Å². The number of aromatic nitrogens is 3. The summed E-state index contributed by atoms with van der Waals surface area (Å²) in [6, 6.07) is 21.6. The zero-order valence-corrected chi connectivity index (χ0v) is 18.9. The second-order valence-electron chi connectivity index (χ2n) is 7.46. The molecule has 2 amide bonds. The molecule has 172 valence electrons. The van der Waals surface area contributed by atoms with Crippen LogP contribution in [-0.4, -0.2) is 37.6 Å². The van der Waals surface area contributed by atoms with Crippen LogP contribution >= 0.6 is 11.6 Å². The number of pyridine rings is 1. The highest BCUT2D eigenvalue weighted by Crippen LogP contribution is 2.23. The molecule has 8 nitrogen and oxygen atoms in total. The molecule has 0 bridgehead atoms. The normalized spacial score (nSPS) is 10.6. The molecule has 0 spiro atoms. The first-order valence-corrected chi connectivity index (χ1v) is 11.0. The van der Waals surface area contributed by atoms with E-state index < -0.39 is 0 Å². The van der Waals surface area contributed by atoms with Crippen molar-refractivity contribution in [1.29, 1.82) is 0 Å². The Hall–Kier alpha value is -4.01. The second-order valence-corrected chi connectivity index (χ2v) is 7.73. The van der Waals surface area contributed by atoms with Crippen molar-refractivity contribution in [2.45, 2.75) is 13.2 Å². The molecule has 2 aromatic heterocycles. The van der Waals surface area contributed by atoms with E-state index in [0.29, 0.717) is 35.0 Å². The molecule has 0 atom stereocenters. The number of amides is 2. The number of nitrogens with one attached hydrogen (secondary N) is 2. The van der Waals surface area contributed by atoms with Gasteiger partial charge >= 0.3 is 0 Å². The summed E-state index contributed by atoms with van der Waals surface area (Å²) < 4.78 is 1.73. The Morgan fingerprint density at radius 3 is 2.29 bits per heavy atom. The lowest BCUT2D eigenvalue weighted by molar-refractivity contribution is -0.113. The van der Waals surface area contributed by atoms with Gasteiger partial charge in [0.1, 0.15) is 11.6 Å². The van der Waals surface area contributed by atoms with E-state index >= 15 is 0 Å². The average molecular weight is 476 g/mol. The van der Waals surface area contributed by atoms with Gasteiger partial charge in [-0.25, -0.2) is 0 Å². The van der Waals surface area contributed by atoms with Crippen LogP contribution in [0.15, 0.2) is 79.0 Å². The van der Waals surface area contributed by atoms with E-state index in [1.165, 1.54) is 0 Å². The number of nitrogens with zero attached hydrogens (tertiary/aromatic N) is 3. The minimum absolute atomic E-state index is 0.102. The van der Waals surface area contributed by atoms with Crippen LogP contribution < -0.4 is 10.6 Å². The number of carbonyl (C=O) groups is 2. The lowest BCUT2D eigenvalue weighted by Gasteiger charge is -2.08. The highest BCUT2D eigenvalue weighted by molar-refractivity contribution is 6.29. The van der Waals surface area contributed by atoms with Crippen molar-refractivity contribution in [3.05, 3.63) is 95.9 Å². The van der Waals surface area contributed by atoms with Gasteiger partial charge in [0.25, 0.3) is 5.91 Å². The van der Waals surface area contributed by atoms with Gasteiger partial charge in [-0.15, -0.1) is 11.6 Å². The second kappa shape index (κ2) is 10.7. The maximum atomic E-state index is 12.3. The lowest BCUT2D eigenvalue weighted by Crippen LogP contribution is -2.13. The molecule has 9 heteroatoms. The summed E-state index contributed by atoms with van der Waals surface area (Å²) in [7, 11) is 0. The average Bonchev–Trinajstić information content (AvgIpc) is 3.28. The largest absolute Gasteiger partial charge is 0.390 e. The molecule has 0 aliphatic carbocycles. The fourth-order valence-corrected chi connectivity index (χ4v) is 3.40. The van der Waals surface area contributed by atoms with Crippen molar-refractivity contribution in [1.82, 2.24) is 14.8 Å². The number of carbonyl (C=O) groups excluding carboxylic acids is 2. The van der Waals surface area contributed by atoms with E-state index in [2.05, 4.69) is 20.7 Å². The van der Waals surface area contributed by atoms with E-state index in [0.717, 1.165) is 11.1 Å². The third-order valence-corrected chi connectivity index (χ3v) is 5.30. The maximum Gasteiger partial charge on any atom is 0.274 e. The molecule has 0 fully saturated rings. The highest BCUT2D eigenvalue weighted by Gasteiger charge is 2.11. The molecule has 0 unspecified atom stereocenters. The van der Waals surface area contributed by atoms with Crippen LogP contribution in [0.1, 0.15) is 21.7 Å². The van der Waals surface area contributed by atoms with Crippen LogP contribution in [0.25, 0.3) is 11.3 Å². The fraction of sp³-hybridized carbons (Fsp3) is 0.120. The molecule has 0 aliphatic rings. The molecule has 2 aromatic carbocycles. The molecular formula is C25H22ClN5O3. The molecular weight excluding hydrogens is 454 g/mol. The monoisotopic (exact) mass is 475 g/mol. The fourth-order valence-electron chi connectivity index (χ4n) is 3.34. The van der Waals surface area contributed by atoms with Crippen LogP contribution in [0, 0.1) is 0 Å². The molecule has 34 heavy (non-hydrogen) atoms. The molecule has 4 aromatic rings. The van der Waals surface area contributed by atoms with Crippen molar-refractivity contribution >= 4 is 34.8 Å². The van der Waals surface area contributed by atoms with E-state index in [1.54, 1.807) is 53.3 Å². The van der Waals surface area contributed by atoms with Gasteiger partial charge < -0.3 is 15.7 Å². The van der Waals surface area contributed by atoms with Crippen LogP contribution in [-0.2, 0) is 17.9 Å². The smallest absolute Gasteiger partial charge is 0.274 e. The zero-order chi connectivity index (χ0) is 23.9. The summed E-state index contributed by atoms with van der Waals surface area (Å²) in [5, 5.41) is 20.0. The Balaban J connectivity index is 1.45. The molecule has 0 aliphatic heterocycles. The Labute approximate surface area is 201 Å². The molecule has 2 heterocycles. The number of rotatable bonds is 8. The van der Waals surface area contributed by atoms with Gasteiger partial charge in [0.05, 0.1) is 24.5 Å². The van der Waals surface area contributed by atoms with E-state index in [1.807, 2.05) is 30.3 Å². The number of aliphatic hydroxyl groups excluding tert-OH is 1. The van der Waals surface area contributed by atoms with Gasteiger partial charge in [-0.1, -0.05) is 30.3 Å². The Morgan fingerprint density at radius 1 is 0.941 bits per heavy atom. The Morgan fingerprint density at radius 2 is 1.65 bits per heavy atom. The summed E-state index contributed by atoms with van der Waals surface area (Å²) in [5.41, 5.74) is 4.83. The number of anilines is 2. The lowest BCUT2D eigenvalue weighted by atomic mass is 10.1. The summed E-state index contributed by atoms with van der Waals surface area (Å²) >= 11 is 5.51. The first-order chi connectivity index (χ1) is 16.6. The van der Waals surface area contributed by atoms with Crippen molar-refractivity contribution < 1.29 is 14.7 Å². The molecule has 0 radical (unpaired) electrons. The topological polar surface area (TPSA) is 109 Å². The van der Waals surface area contributed by atoms with Crippen molar-refractivity contribution in [2.24, 2.45) is 0 Å². The predicted octanol–water partition coefficient (Wildman–Crippen LogP) is 3.92. The number of hydrogen-bond donors (Lipinski definition) is 3. The van der Waals surface area contributed by atoms with Gasteiger partial charge in [-0.05, 0) is 48.0 Å². The van der Waals surface area contributed by atoms with Crippen LogP contribution in [0.4, 0.5) is 11.4 Å². The number of benzene rings is 2. The van der Waals surface area contributed by atoms with E-state index in [-0.39, 0.29) is 24.3 Å². The molecule has 0 saturated carbocycles. The van der Waals surface area contributed by atoms with Gasteiger partial charge in [-0.2, -0.15) is 5.10 Å². The van der Waals surface area contributed by atoms with Crippen LogP contribution in [0.3, 0.4) is 0 Å².